The van der Waals surface area contributed by atoms with Crippen LogP contribution in [0.1, 0.15) is 39.9 Å². The lowest BCUT2D eigenvalue weighted by atomic mass is 10.3. The maximum Gasteiger partial charge on any atom is 0.276 e. The highest BCUT2D eigenvalue weighted by Gasteiger charge is 2.27. The third-order valence-corrected chi connectivity index (χ3v) is 3.71. The van der Waals surface area contributed by atoms with E-state index in [2.05, 4.69) is 20.5 Å². The molecular weight excluding hydrogens is 248 g/mol. The molecule has 1 aliphatic carbocycles. The van der Waals surface area contributed by atoms with Gasteiger partial charge in [0.25, 0.3) is 5.91 Å². The molecule has 5 nitrogen and oxygen atoms in total. The average molecular weight is 260 g/mol. The van der Waals surface area contributed by atoms with E-state index in [1.54, 1.807) is 6.07 Å². The number of carbonyl (C=O) groups is 1. The number of nitrogens with zero attached hydrogens (tertiary/aromatic N) is 3. The Morgan fingerprint density at radius 2 is 2.22 bits per heavy atom. The van der Waals surface area contributed by atoms with Gasteiger partial charge in [-0.25, -0.2) is 4.98 Å². The van der Waals surface area contributed by atoms with Crippen molar-refractivity contribution in [2.24, 2.45) is 0 Å². The van der Waals surface area contributed by atoms with Crippen molar-refractivity contribution < 1.29 is 4.79 Å². The van der Waals surface area contributed by atoms with Crippen molar-refractivity contribution in [2.75, 3.05) is 5.32 Å². The van der Waals surface area contributed by atoms with E-state index in [0.717, 1.165) is 10.7 Å². The number of hydrogen-bond acceptors (Lipinski definition) is 5. The molecule has 92 valence electrons. The number of rotatable bonds is 3. The van der Waals surface area contributed by atoms with E-state index in [1.807, 2.05) is 19.1 Å². The second kappa shape index (κ2) is 4.45. The van der Waals surface area contributed by atoms with Crippen LogP contribution in [0.5, 0.6) is 0 Å². The maximum atomic E-state index is 11.9. The van der Waals surface area contributed by atoms with E-state index >= 15 is 0 Å². The summed E-state index contributed by atoms with van der Waals surface area (Å²) in [5, 5.41) is 12.3. The molecule has 2 heterocycles. The Kier molecular flexibility index (Phi) is 2.79. The summed E-state index contributed by atoms with van der Waals surface area (Å²) >= 11 is 1.45. The zero-order chi connectivity index (χ0) is 12.5. The molecule has 0 spiro atoms. The van der Waals surface area contributed by atoms with E-state index in [0.29, 0.717) is 16.7 Å². The largest absolute Gasteiger partial charge is 0.295 e. The first-order valence-corrected chi connectivity index (χ1v) is 6.62. The van der Waals surface area contributed by atoms with Crippen molar-refractivity contribution in [1.29, 1.82) is 0 Å². The van der Waals surface area contributed by atoms with Gasteiger partial charge in [0.1, 0.15) is 10.7 Å². The average Bonchev–Trinajstić information content (AvgIpc) is 3.11. The predicted octanol–water partition coefficient (Wildman–Crippen LogP) is 2.37. The van der Waals surface area contributed by atoms with Gasteiger partial charge in [-0.15, -0.1) is 10.2 Å². The van der Waals surface area contributed by atoms with E-state index in [-0.39, 0.29) is 5.91 Å². The first-order valence-electron chi connectivity index (χ1n) is 5.81. The van der Waals surface area contributed by atoms with Crippen LogP contribution in [-0.2, 0) is 0 Å². The van der Waals surface area contributed by atoms with Crippen LogP contribution >= 0.6 is 11.3 Å². The molecule has 2 aromatic heterocycles. The Hall–Kier alpha value is -1.82. The minimum atomic E-state index is -0.239. The molecule has 0 unspecified atom stereocenters. The molecular formula is C12H12N4OS. The third-order valence-electron chi connectivity index (χ3n) is 2.71. The fraction of sp³-hybridized carbons (Fsp3) is 0.333. The Morgan fingerprint density at radius 3 is 2.94 bits per heavy atom. The molecule has 1 N–H and O–H groups in total. The van der Waals surface area contributed by atoms with Crippen LogP contribution in [-0.4, -0.2) is 21.1 Å². The standard InChI is InChI=1S/C12H12N4OS/c1-7-3-2-4-9(13-7)10(17)14-12-16-15-11(18-12)8-5-6-8/h2-4,8H,5-6H2,1H3,(H,14,16,17). The fourth-order valence-electron chi connectivity index (χ4n) is 1.61. The molecule has 0 aromatic carbocycles. The van der Waals surface area contributed by atoms with Crippen LogP contribution < -0.4 is 5.32 Å². The summed E-state index contributed by atoms with van der Waals surface area (Å²) in [7, 11) is 0. The second-order valence-electron chi connectivity index (χ2n) is 4.34. The summed E-state index contributed by atoms with van der Waals surface area (Å²) in [5.74, 6) is 0.322. The molecule has 3 rings (SSSR count). The zero-order valence-corrected chi connectivity index (χ0v) is 10.7. The van der Waals surface area contributed by atoms with Crippen LogP contribution in [0.4, 0.5) is 5.13 Å². The van der Waals surface area contributed by atoms with Crippen LogP contribution in [0.3, 0.4) is 0 Å². The van der Waals surface area contributed by atoms with E-state index in [4.69, 9.17) is 0 Å². The Labute approximate surface area is 108 Å². The summed E-state index contributed by atoms with van der Waals surface area (Å²) in [5.41, 5.74) is 1.22. The normalized spacial score (nSPS) is 14.5. The Morgan fingerprint density at radius 1 is 1.39 bits per heavy atom. The smallest absolute Gasteiger partial charge is 0.276 e. The van der Waals surface area contributed by atoms with Gasteiger partial charge in [0.2, 0.25) is 5.13 Å². The Balaban J connectivity index is 1.73. The number of pyridine rings is 1. The monoisotopic (exact) mass is 260 g/mol. The first-order chi connectivity index (χ1) is 8.72. The number of anilines is 1. The molecule has 1 saturated carbocycles. The molecule has 1 amide bonds. The van der Waals surface area contributed by atoms with Crippen LogP contribution in [0.2, 0.25) is 0 Å². The van der Waals surface area contributed by atoms with Gasteiger partial charge in [0.05, 0.1) is 0 Å². The van der Waals surface area contributed by atoms with E-state index in [9.17, 15) is 4.79 Å². The highest BCUT2D eigenvalue weighted by atomic mass is 32.1. The number of carbonyl (C=O) groups excluding carboxylic acids is 1. The maximum absolute atomic E-state index is 11.9. The number of aromatic nitrogens is 3. The van der Waals surface area contributed by atoms with Crippen molar-refractivity contribution in [3.8, 4) is 0 Å². The van der Waals surface area contributed by atoms with Gasteiger partial charge in [0, 0.05) is 11.6 Å². The first kappa shape index (κ1) is 11.3. The van der Waals surface area contributed by atoms with Crippen molar-refractivity contribution >= 4 is 22.4 Å². The van der Waals surface area contributed by atoms with Gasteiger partial charge in [-0.1, -0.05) is 17.4 Å². The van der Waals surface area contributed by atoms with Gasteiger partial charge in [-0.2, -0.15) is 0 Å². The van der Waals surface area contributed by atoms with Crippen molar-refractivity contribution in [3.05, 3.63) is 34.6 Å². The van der Waals surface area contributed by atoms with Crippen LogP contribution in [0.15, 0.2) is 18.2 Å². The summed E-state index contributed by atoms with van der Waals surface area (Å²) in [6.45, 7) is 1.85. The van der Waals surface area contributed by atoms with E-state index in [1.165, 1.54) is 24.2 Å². The second-order valence-corrected chi connectivity index (χ2v) is 5.35. The molecule has 0 radical (unpaired) electrons. The summed E-state index contributed by atoms with van der Waals surface area (Å²) in [4.78, 5) is 16.1. The number of aryl methyl sites for hydroxylation is 1. The van der Waals surface area contributed by atoms with Crippen molar-refractivity contribution in [3.63, 3.8) is 0 Å². The molecule has 0 aliphatic heterocycles. The highest BCUT2D eigenvalue weighted by Crippen LogP contribution is 2.42. The molecule has 0 saturated heterocycles. The van der Waals surface area contributed by atoms with Crippen LogP contribution in [0, 0.1) is 6.92 Å². The SMILES string of the molecule is Cc1cccc(C(=O)Nc2nnc(C3CC3)s2)n1. The van der Waals surface area contributed by atoms with Gasteiger partial charge >= 0.3 is 0 Å². The quantitative estimate of drug-likeness (QED) is 0.920. The molecule has 0 atom stereocenters. The lowest BCUT2D eigenvalue weighted by Crippen LogP contribution is -2.13. The Bertz CT molecular complexity index is 591. The fourth-order valence-corrected chi connectivity index (χ4v) is 2.52. The van der Waals surface area contributed by atoms with Gasteiger partial charge in [0.15, 0.2) is 0 Å². The molecule has 0 bridgehead atoms. The van der Waals surface area contributed by atoms with Crippen molar-refractivity contribution in [1.82, 2.24) is 15.2 Å². The molecule has 6 heteroatoms. The molecule has 2 aromatic rings. The number of nitrogens with one attached hydrogen (secondary N) is 1. The lowest BCUT2D eigenvalue weighted by Gasteiger charge is -2.00. The zero-order valence-electron chi connectivity index (χ0n) is 9.88. The summed E-state index contributed by atoms with van der Waals surface area (Å²) < 4.78 is 0. The third kappa shape index (κ3) is 2.38. The number of amides is 1. The topological polar surface area (TPSA) is 67.8 Å². The van der Waals surface area contributed by atoms with Crippen molar-refractivity contribution in [2.45, 2.75) is 25.7 Å². The van der Waals surface area contributed by atoms with E-state index < -0.39 is 0 Å². The highest BCUT2D eigenvalue weighted by molar-refractivity contribution is 7.15. The number of hydrogen-bond donors (Lipinski definition) is 1. The minimum Gasteiger partial charge on any atom is -0.295 e. The van der Waals surface area contributed by atoms with Crippen LogP contribution in [0.25, 0.3) is 0 Å². The predicted molar refractivity (Wildman–Crippen MR) is 68.8 cm³/mol. The minimum absolute atomic E-state index is 0.239. The molecule has 18 heavy (non-hydrogen) atoms. The van der Waals surface area contributed by atoms with Gasteiger partial charge in [-0.05, 0) is 31.9 Å². The summed E-state index contributed by atoms with van der Waals surface area (Å²) in [6, 6.07) is 5.35. The summed E-state index contributed by atoms with van der Waals surface area (Å²) in [6.07, 6.45) is 2.37. The van der Waals surface area contributed by atoms with Gasteiger partial charge in [-0.3, -0.25) is 10.1 Å². The molecule has 1 aliphatic rings. The molecule has 1 fully saturated rings. The van der Waals surface area contributed by atoms with Gasteiger partial charge < -0.3 is 0 Å². The lowest BCUT2D eigenvalue weighted by molar-refractivity contribution is 0.102.